The van der Waals surface area contributed by atoms with Crippen LogP contribution in [0.1, 0.15) is 64.7 Å². The number of urea groups is 1. The standard InChI is InChI=1S/C22H37N3O4/c1-2-3-12-23-22(29)25-15-20(26)24-14-19-17-11-10-16(13-17)18(19)8-6-4-5-7-9-21(27)28/h4,6,16-19H,2-3,5,7-15H2,1H3,(H,24,26)(H,27,28)(H2,23,25,29)/t16-,17+,18-,19+/m0/s1. The predicted octanol–water partition coefficient (Wildman–Crippen LogP) is 3.07. The Morgan fingerprint density at radius 1 is 1.00 bits per heavy atom. The molecule has 4 N–H and O–H groups in total. The van der Waals surface area contributed by atoms with Crippen molar-refractivity contribution in [1.82, 2.24) is 16.0 Å². The second kappa shape index (κ2) is 12.5. The molecule has 2 bridgehead atoms. The highest BCUT2D eigenvalue weighted by atomic mass is 16.4. The number of nitrogens with one attached hydrogen (secondary N) is 3. The Morgan fingerprint density at radius 2 is 1.76 bits per heavy atom. The van der Waals surface area contributed by atoms with Gasteiger partial charge in [-0.1, -0.05) is 25.5 Å². The number of hydrogen-bond donors (Lipinski definition) is 4. The molecule has 2 aliphatic carbocycles. The van der Waals surface area contributed by atoms with E-state index in [9.17, 15) is 14.4 Å². The normalized spacial score (nSPS) is 25.3. The third-order valence-corrected chi connectivity index (χ3v) is 6.37. The van der Waals surface area contributed by atoms with Crippen molar-refractivity contribution in [2.24, 2.45) is 23.7 Å². The number of amides is 3. The zero-order valence-corrected chi connectivity index (χ0v) is 17.6. The van der Waals surface area contributed by atoms with Crippen molar-refractivity contribution >= 4 is 17.9 Å². The topological polar surface area (TPSA) is 108 Å². The number of fused-ring (bicyclic) bond motifs is 2. The number of unbranched alkanes of at least 4 members (excludes halogenated alkanes) is 2. The van der Waals surface area contributed by atoms with Crippen LogP contribution >= 0.6 is 0 Å². The Morgan fingerprint density at radius 3 is 2.48 bits per heavy atom. The Hall–Kier alpha value is -2.05. The number of carbonyl (C=O) groups is 3. The number of carboxylic acid groups (broad SMARTS) is 1. The van der Waals surface area contributed by atoms with Gasteiger partial charge in [0.05, 0.1) is 6.54 Å². The van der Waals surface area contributed by atoms with E-state index in [1.165, 1.54) is 19.3 Å². The van der Waals surface area contributed by atoms with Crippen LogP contribution in [0.3, 0.4) is 0 Å². The fourth-order valence-corrected chi connectivity index (χ4v) is 4.85. The Balaban J connectivity index is 1.68. The van der Waals surface area contributed by atoms with E-state index in [-0.39, 0.29) is 24.9 Å². The van der Waals surface area contributed by atoms with E-state index in [1.54, 1.807) is 0 Å². The maximum atomic E-state index is 12.1. The van der Waals surface area contributed by atoms with Crippen LogP contribution in [0.2, 0.25) is 0 Å². The predicted molar refractivity (Wildman–Crippen MR) is 112 cm³/mol. The highest BCUT2D eigenvalue weighted by molar-refractivity contribution is 5.83. The summed E-state index contributed by atoms with van der Waals surface area (Å²) in [5.41, 5.74) is 0. The van der Waals surface area contributed by atoms with Gasteiger partial charge in [-0.15, -0.1) is 0 Å². The number of aliphatic carboxylic acids is 1. The molecule has 0 aromatic rings. The molecule has 29 heavy (non-hydrogen) atoms. The first kappa shape index (κ1) is 23.2. The summed E-state index contributed by atoms with van der Waals surface area (Å²) in [6.45, 7) is 3.37. The molecule has 3 amide bonds. The minimum atomic E-state index is -0.741. The first-order valence-electron chi connectivity index (χ1n) is 11.2. The van der Waals surface area contributed by atoms with Crippen LogP contribution < -0.4 is 16.0 Å². The van der Waals surface area contributed by atoms with Gasteiger partial charge >= 0.3 is 12.0 Å². The number of carbonyl (C=O) groups excluding carboxylic acids is 2. The van der Waals surface area contributed by atoms with Gasteiger partial charge < -0.3 is 21.1 Å². The van der Waals surface area contributed by atoms with Gasteiger partial charge in [-0.3, -0.25) is 9.59 Å². The molecule has 0 aliphatic heterocycles. The molecule has 164 valence electrons. The van der Waals surface area contributed by atoms with E-state index in [2.05, 4.69) is 35.0 Å². The van der Waals surface area contributed by atoms with Crippen molar-refractivity contribution in [3.63, 3.8) is 0 Å². The lowest BCUT2D eigenvalue weighted by atomic mass is 9.77. The molecular weight excluding hydrogens is 370 g/mol. The summed E-state index contributed by atoms with van der Waals surface area (Å²) in [7, 11) is 0. The Kier molecular flexibility index (Phi) is 10.0. The van der Waals surface area contributed by atoms with E-state index in [0.717, 1.165) is 31.6 Å². The molecule has 0 aromatic heterocycles. The average molecular weight is 408 g/mol. The fraction of sp³-hybridized carbons (Fsp3) is 0.773. The van der Waals surface area contributed by atoms with Crippen molar-refractivity contribution in [3.05, 3.63) is 12.2 Å². The molecule has 2 aliphatic rings. The quantitative estimate of drug-likeness (QED) is 0.278. The third-order valence-electron chi connectivity index (χ3n) is 6.37. The second-order valence-electron chi connectivity index (χ2n) is 8.42. The highest BCUT2D eigenvalue weighted by Crippen LogP contribution is 2.53. The maximum Gasteiger partial charge on any atom is 0.315 e. The van der Waals surface area contributed by atoms with E-state index in [0.29, 0.717) is 37.3 Å². The molecule has 7 nitrogen and oxygen atoms in total. The smallest absolute Gasteiger partial charge is 0.315 e. The van der Waals surface area contributed by atoms with Crippen molar-refractivity contribution in [1.29, 1.82) is 0 Å². The summed E-state index contributed by atoms with van der Waals surface area (Å²) in [4.78, 5) is 34.3. The number of rotatable bonds is 13. The van der Waals surface area contributed by atoms with Crippen LogP contribution in [-0.2, 0) is 9.59 Å². The molecule has 0 unspecified atom stereocenters. The van der Waals surface area contributed by atoms with E-state index in [1.807, 2.05) is 0 Å². The van der Waals surface area contributed by atoms with Crippen molar-refractivity contribution < 1.29 is 19.5 Å². The van der Waals surface area contributed by atoms with Gasteiger partial charge in [0.1, 0.15) is 0 Å². The van der Waals surface area contributed by atoms with Gasteiger partial charge in [0.15, 0.2) is 0 Å². The molecule has 0 heterocycles. The largest absolute Gasteiger partial charge is 0.481 e. The van der Waals surface area contributed by atoms with E-state index in [4.69, 9.17) is 5.11 Å². The summed E-state index contributed by atoms with van der Waals surface area (Å²) in [6, 6.07) is -0.292. The van der Waals surface area contributed by atoms with Crippen LogP contribution in [0, 0.1) is 23.7 Å². The van der Waals surface area contributed by atoms with Gasteiger partial charge in [-0.2, -0.15) is 0 Å². The lowest BCUT2D eigenvalue weighted by molar-refractivity contribution is -0.137. The SMILES string of the molecule is CCCCNC(=O)NCC(=O)NC[C@@H]1[C@@H]2CC[C@@H](C2)[C@@H]1CC=CCCCC(=O)O. The maximum absolute atomic E-state index is 12.1. The highest BCUT2D eigenvalue weighted by Gasteiger charge is 2.46. The van der Waals surface area contributed by atoms with Crippen LogP contribution in [0.4, 0.5) is 4.79 Å². The molecule has 2 rings (SSSR count). The number of carboxylic acids is 1. The molecule has 7 heteroatoms. The fourth-order valence-electron chi connectivity index (χ4n) is 4.85. The van der Waals surface area contributed by atoms with Crippen molar-refractivity contribution in [2.45, 2.75) is 64.7 Å². The van der Waals surface area contributed by atoms with Gasteiger partial charge in [0.2, 0.25) is 5.91 Å². The molecule has 2 saturated carbocycles. The van der Waals surface area contributed by atoms with Gasteiger partial charge in [0.25, 0.3) is 0 Å². The lowest BCUT2D eigenvalue weighted by Crippen LogP contribution is -2.44. The van der Waals surface area contributed by atoms with Gasteiger partial charge in [-0.05, 0) is 68.6 Å². The Labute approximate surface area is 174 Å². The number of allylic oxidation sites excluding steroid dienone is 2. The van der Waals surface area contributed by atoms with Crippen molar-refractivity contribution in [2.75, 3.05) is 19.6 Å². The summed E-state index contributed by atoms with van der Waals surface area (Å²) in [5.74, 6) is 1.65. The van der Waals surface area contributed by atoms with E-state index >= 15 is 0 Å². The van der Waals surface area contributed by atoms with Crippen LogP contribution in [0.5, 0.6) is 0 Å². The van der Waals surface area contributed by atoms with Crippen molar-refractivity contribution in [3.8, 4) is 0 Å². The summed E-state index contributed by atoms with van der Waals surface area (Å²) >= 11 is 0. The van der Waals surface area contributed by atoms with Gasteiger partial charge in [-0.25, -0.2) is 4.79 Å². The zero-order valence-electron chi connectivity index (χ0n) is 17.6. The minimum absolute atomic E-state index is 0.00687. The molecule has 0 radical (unpaired) electrons. The first-order chi connectivity index (χ1) is 14.0. The van der Waals surface area contributed by atoms with E-state index < -0.39 is 5.97 Å². The monoisotopic (exact) mass is 407 g/mol. The first-order valence-corrected chi connectivity index (χ1v) is 11.2. The van der Waals surface area contributed by atoms with Gasteiger partial charge in [0, 0.05) is 19.5 Å². The Bertz CT molecular complexity index is 578. The lowest BCUT2D eigenvalue weighted by Gasteiger charge is -2.30. The summed E-state index contributed by atoms with van der Waals surface area (Å²) in [5, 5.41) is 17.0. The molecular formula is C22H37N3O4. The second-order valence-corrected chi connectivity index (χ2v) is 8.42. The third kappa shape index (κ3) is 8.07. The zero-order chi connectivity index (χ0) is 21.1. The summed E-state index contributed by atoms with van der Waals surface area (Å²) in [6.07, 6.45) is 12.8. The average Bonchev–Trinajstić information content (AvgIpc) is 3.29. The number of hydrogen-bond acceptors (Lipinski definition) is 3. The summed E-state index contributed by atoms with van der Waals surface area (Å²) < 4.78 is 0. The van der Waals surface area contributed by atoms with Crippen LogP contribution in [-0.4, -0.2) is 42.6 Å². The molecule has 0 aromatic carbocycles. The van der Waals surface area contributed by atoms with Crippen LogP contribution in [0.25, 0.3) is 0 Å². The molecule has 2 fully saturated rings. The van der Waals surface area contributed by atoms with Crippen LogP contribution in [0.15, 0.2) is 12.2 Å². The molecule has 0 saturated heterocycles. The molecule has 4 atom stereocenters. The minimum Gasteiger partial charge on any atom is -0.481 e. The molecule has 0 spiro atoms.